The first-order valence-electron chi connectivity index (χ1n) is 19.4. The Morgan fingerprint density at radius 1 is 0.333 bits per heavy atom. The van der Waals surface area contributed by atoms with E-state index in [9.17, 15) is 0 Å². The molecule has 266 valence electrons. The van der Waals surface area contributed by atoms with Gasteiger partial charge in [0.15, 0.2) is 5.58 Å². The molecular formula is C54H33NOS. The Balaban J connectivity index is 1.18. The maximum Gasteiger partial charge on any atom is 0.159 e. The summed E-state index contributed by atoms with van der Waals surface area (Å²) < 4.78 is 12.3. The topological polar surface area (TPSA) is 18.1 Å². The molecule has 0 bridgehead atoms. The molecule has 12 aromatic rings. The molecule has 0 radical (unpaired) electrons. The van der Waals surface area contributed by atoms with Crippen LogP contribution in [-0.2, 0) is 0 Å². The molecule has 0 atom stereocenters. The monoisotopic (exact) mass is 743 g/mol. The minimum Gasteiger partial charge on any atom is -0.453 e. The summed E-state index contributed by atoms with van der Waals surface area (Å²) in [6.07, 6.45) is 0. The highest BCUT2D eigenvalue weighted by molar-refractivity contribution is 7.25. The summed E-state index contributed by atoms with van der Waals surface area (Å²) in [5, 5.41) is 7.23. The molecule has 57 heavy (non-hydrogen) atoms. The van der Waals surface area contributed by atoms with Gasteiger partial charge in [-0.2, -0.15) is 0 Å². The number of para-hydroxylation sites is 1. The van der Waals surface area contributed by atoms with Crippen molar-refractivity contribution in [2.75, 3.05) is 0 Å². The van der Waals surface area contributed by atoms with Crippen molar-refractivity contribution in [2.24, 2.45) is 0 Å². The molecule has 0 spiro atoms. The third-order valence-corrected chi connectivity index (χ3v) is 12.8. The lowest BCUT2D eigenvalue weighted by Crippen LogP contribution is -1.94. The highest BCUT2D eigenvalue weighted by atomic mass is 32.1. The minimum absolute atomic E-state index is 0.873. The molecule has 0 saturated heterocycles. The zero-order valence-electron chi connectivity index (χ0n) is 30.8. The highest BCUT2D eigenvalue weighted by Gasteiger charge is 2.23. The molecule has 0 amide bonds. The van der Waals surface area contributed by atoms with Gasteiger partial charge in [0.2, 0.25) is 0 Å². The van der Waals surface area contributed by atoms with E-state index in [2.05, 4.69) is 205 Å². The molecule has 9 aromatic carbocycles. The summed E-state index contributed by atoms with van der Waals surface area (Å²) >= 11 is 1.86. The second kappa shape index (κ2) is 12.7. The van der Waals surface area contributed by atoms with E-state index in [0.717, 1.165) is 49.8 Å². The van der Waals surface area contributed by atoms with Gasteiger partial charge < -0.3 is 8.98 Å². The summed E-state index contributed by atoms with van der Waals surface area (Å²) in [5.41, 5.74) is 14.5. The smallest absolute Gasteiger partial charge is 0.159 e. The average molecular weight is 744 g/mol. The Kier molecular flexibility index (Phi) is 7.13. The van der Waals surface area contributed by atoms with E-state index in [1.807, 2.05) is 11.3 Å². The van der Waals surface area contributed by atoms with Crippen LogP contribution in [0.1, 0.15) is 0 Å². The Morgan fingerprint density at radius 2 is 0.877 bits per heavy atom. The van der Waals surface area contributed by atoms with Crippen LogP contribution in [0.4, 0.5) is 0 Å². The normalized spacial score (nSPS) is 11.9. The summed E-state index contributed by atoms with van der Waals surface area (Å²) in [4.78, 5) is 0. The third-order valence-electron chi connectivity index (χ3n) is 11.6. The second-order valence-electron chi connectivity index (χ2n) is 14.8. The highest BCUT2D eigenvalue weighted by Crippen LogP contribution is 2.48. The fraction of sp³-hybridized carbons (Fsp3) is 0. The fourth-order valence-electron chi connectivity index (χ4n) is 9.03. The first-order chi connectivity index (χ1) is 28.3. The van der Waals surface area contributed by atoms with Gasteiger partial charge in [0.05, 0.1) is 16.7 Å². The Morgan fingerprint density at radius 3 is 1.56 bits per heavy atom. The SMILES string of the molecule is c1ccc(-c2ccc3c(c2)c2cc(-c4ccccc4)ccc2n3-c2cccc3c2oc2c(-c4ccccc4)ccc(-c4cccc5sc6ccccc6c45)c23)cc1. The Bertz CT molecular complexity index is 3400. The lowest BCUT2D eigenvalue weighted by molar-refractivity contribution is 0.667. The van der Waals surface area contributed by atoms with Crippen LogP contribution in [0, 0.1) is 0 Å². The van der Waals surface area contributed by atoms with Crippen LogP contribution in [0.2, 0.25) is 0 Å². The van der Waals surface area contributed by atoms with Crippen molar-refractivity contribution in [3.05, 3.63) is 200 Å². The number of furan rings is 1. The lowest BCUT2D eigenvalue weighted by atomic mass is 9.92. The van der Waals surface area contributed by atoms with Gasteiger partial charge in [0.25, 0.3) is 0 Å². The molecule has 0 aliphatic carbocycles. The van der Waals surface area contributed by atoms with Crippen LogP contribution >= 0.6 is 11.3 Å². The van der Waals surface area contributed by atoms with Crippen LogP contribution in [0.25, 0.3) is 114 Å². The van der Waals surface area contributed by atoms with Crippen molar-refractivity contribution in [3.63, 3.8) is 0 Å². The number of rotatable bonds is 5. The van der Waals surface area contributed by atoms with Crippen molar-refractivity contribution >= 4 is 75.3 Å². The number of hydrogen-bond acceptors (Lipinski definition) is 2. The van der Waals surface area contributed by atoms with Gasteiger partial charge in [-0.1, -0.05) is 152 Å². The van der Waals surface area contributed by atoms with Gasteiger partial charge >= 0.3 is 0 Å². The molecule has 3 heteroatoms. The number of hydrogen-bond donors (Lipinski definition) is 0. The predicted octanol–water partition coefficient (Wildman–Crippen LogP) is 15.7. The predicted molar refractivity (Wildman–Crippen MR) is 243 cm³/mol. The Hall–Kier alpha value is -7.20. The van der Waals surface area contributed by atoms with Crippen LogP contribution in [-0.4, -0.2) is 4.57 Å². The number of benzene rings is 9. The molecule has 0 saturated carbocycles. The van der Waals surface area contributed by atoms with Crippen molar-refractivity contribution < 1.29 is 4.42 Å². The van der Waals surface area contributed by atoms with Gasteiger partial charge in [-0.25, -0.2) is 0 Å². The van der Waals surface area contributed by atoms with E-state index in [4.69, 9.17) is 4.42 Å². The summed E-state index contributed by atoms with van der Waals surface area (Å²) in [6, 6.07) is 72.5. The summed E-state index contributed by atoms with van der Waals surface area (Å²) in [7, 11) is 0. The van der Waals surface area contributed by atoms with Crippen molar-refractivity contribution in [3.8, 4) is 50.2 Å². The maximum absolute atomic E-state index is 7.30. The molecule has 0 N–H and O–H groups in total. The van der Waals surface area contributed by atoms with Crippen molar-refractivity contribution in [1.29, 1.82) is 0 Å². The number of aromatic nitrogens is 1. The largest absolute Gasteiger partial charge is 0.453 e. The number of thiophene rings is 1. The molecule has 0 aliphatic heterocycles. The molecule has 0 fully saturated rings. The Labute approximate surface area is 333 Å². The molecule has 3 heterocycles. The van der Waals surface area contributed by atoms with Gasteiger partial charge in [-0.05, 0) is 87.5 Å². The molecule has 12 rings (SSSR count). The molecule has 0 aliphatic rings. The first kappa shape index (κ1) is 32.1. The third kappa shape index (κ3) is 4.96. The van der Waals surface area contributed by atoms with Gasteiger partial charge in [0, 0.05) is 47.3 Å². The maximum atomic E-state index is 7.30. The van der Waals surface area contributed by atoms with Gasteiger partial charge in [-0.3, -0.25) is 0 Å². The minimum atomic E-state index is 0.873. The number of nitrogens with zero attached hydrogens (tertiary/aromatic N) is 1. The van der Waals surface area contributed by atoms with E-state index < -0.39 is 0 Å². The lowest BCUT2D eigenvalue weighted by Gasteiger charge is -2.10. The van der Waals surface area contributed by atoms with Crippen molar-refractivity contribution in [1.82, 2.24) is 4.57 Å². The van der Waals surface area contributed by atoms with E-state index in [0.29, 0.717) is 0 Å². The zero-order chi connectivity index (χ0) is 37.5. The summed E-state index contributed by atoms with van der Waals surface area (Å²) in [5.74, 6) is 0. The van der Waals surface area contributed by atoms with Crippen molar-refractivity contribution in [2.45, 2.75) is 0 Å². The van der Waals surface area contributed by atoms with Gasteiger partial charge in [0.1, 0.15) is 5.58 Å². The average Bonchev–Trinajstić information content (AvgIpc) is 3.97. The van der Waals surface area contributed by atoms with E-state index in [1.165, 1.54) is 64.3 Å². The fourth-order valence-corrected chi connectivity index (χ4v) is 10.2. The quantitative estimate of drug-likeness (QED) is 0.172. The van der Waals surface area contributed by atoms with Gasteiger partial charge in [-0.15, -0.1) is 11.3 Å². The zero-order valence-corrected chi connectivity index (χ0v) is 31.6. The van der Waals surface area contributed by atoms with Crippen LogP contribution in [0.15, 0.2) is 205 Å². The second-order valence-corrected chi connectivity index (χ2v) is 15.9. The standard InChI is InChI=1S/C54H33NOS/c1-4-14-34(15-5-1)37-26-30-46-44(32-37)45-33-38(35-16-6-2-7-17-35)27-31-47(45)55(46)48-23-12-22-43-52-41(29-28-39(54(52)56-53(43)48)36-18-8-3-9-19-36)40-21-13-25-50-51(40)42-20-10-11-24-49(42)57-50/h1-33H. The van der Waals surface area contributed by atoms with E-state index in [-0.39, 0.29) is 0 Å². The van der Waals surface area contributed by atoms with Crippen LogP contribution in [0.5, 0.6) is 0 Å². The number of fused-ring (bicyclic) bond motifs is 9. The molecule has 0 unspecified atom stereocenters. The summed E-state index contributed by atoms with van der Waals surface area (Å²) in [6.45, 7) is 0. The first-order valence-corrected chi connectivity index (χ1v) is 20.2. The van der Waals surface area contributed by atoms with E-state index >= 15 is 0 Å². The van der Waals surface area contributed by atoms with Crippen LogP contribution < -0.4 is 0 Å². The van der Waals surface area contributed by atoms with Crippen LogP contribution in [0.3, 0.4) is 0 Å². The molecule has 2 nitrogen and oxygen atoms in total. The van der Waals surface area contributed by atoms with E-state index in [1.54, 1.807) is 0 Å². The molecule has 3 aromatic heterocycles. The molecular weight excluding hydrogens is 711 g/mol.